The molecule has 0 atom stereocenters. The summed E-state index contributed by atoms with van der Waals surface area (Å²) in [6.45, 7) is 4.07. The molecule has 4 aromatic rings. The Bertz CT molecular complexity index is 1230. The standard InChI is InChI=1S/C23H22N6O2/c1-15-7-6-8-17(27-15)13-25-22(30)19-14-26-29(16(19)2)23-24-12-11-20(28-23)18-9-4-5-10-21(18)31-3/h4-12,14H,13H2,1-3H3,(H,25,30). The van der Waals surface area contributed by atoms with Gasteiger partial charge in [-0.15, -0.1) is 0 Å². The maximum atomic E-state index is 12.7. The third-order valence-corrected chi connectivity index (χ3v) is 4.85. The molecule has 0 radical (unpaired) electrons. The molecule has 1 amide bonds. The molecule has 0 fully saturated rings. The Kier molecular flexibility index (Phi) is 5.70. The largest absolute Gasteiger partial charge is 0.496 e. The minimum atomic E-state index is -0.229. The smallest absolute Gasteiger partial charge is 0.255 e. The molecule has 0 saturated carbocycles. The molecule has 8 heteroatoms. The fraction of sp³-hybridized carbons (Fsp3) is 0.174. The number of carbonyl (C=O) groups excluding carboxylic acids is 1. The van der Waals surface area contributed by atoms with Gasteiger partial charge in [0.25, 0.3) is 11.9 Å². The number of hydrogen-bond donors (Lipinski definition) is 1. The predicted octanol–water partition coefficient (Wildman–Crippen LogP) is 3.28. The summed E-state index contributed by atoms with van der Waals surface area (Å²) in [4.78, 5) is 26.1. The van der Waals surface area contributed by atoms with Crippen molar-refractivity contribution < 1.29 is 9.53 Å². The van der Waals surface area contributed by atoms with Crippen molar-refractivity contribution in [2.75, 3.05) is 7.11 Å². The number of nitrogens with one attached hydrogen (secondary N) is 1. The number of ether oxygens (including phenoxy) is 1. The van der Waals surface area contributed by atoms with Gasteiger partial charge in [-0.25, -0.2) is 14.6 Å². The molecule has 0 spiro atoms. The van der Waals surface area contributed by atoms with Crippen LogP contribution in [0, 0.1) is 13.8 Å². The summed E-state index contributed by atoms with van der Waals surface area (Å²) in [5, 5.41) is 7.23. The summed E-state index contributed by atoms with van der Waals surface area (Å²) in [5.41, 5.74) is 4.36. The highest BCUT2D eigenvalue weighted by Gasteiger charge is 2.17. The summed E-state index contributed by atoms with van der Waals surface area (Å²) in [5.74, 6) is 0.863. The summed E-state index contributed by atoms with van der Waals surface area (Å²) in [7, 11) is 1.62. The van der Waals surface area contributed by atoms with E-state index in [0.717, 1.165) is 17.0 Å². The van der Waals surface area contributed by atoms with Gasteiger partial charge in [-0.2, -0.15) is 5.10 Å². The maximum Gasteiger partial charge on any atom is 0.255 e. The summed E-state index contributed by atoms with van der Waals surface area (Å²) >= 11 is 0. The van der Waals surface area contributed by atoms with Crippen LogP contribution in [0.5, 0.6) is 5.75 Å². The van der Waals surface area contributed by atoms with Crippen molar-refractivity contribution in [3.8, 4) is 23.0 Å². The third-order valence-electron chi connectivity index (χ3n) is 4.85. The molecule has 8 nitrogen and oxygen atoms in total. The molecule has 1 aromatic carbocycles. The topological polar surface area (TPSA) is 94.8 Å². The van der Waals surface area contributed by atoms with Gasteiger partial charge in [-0.3, -0.25) is 9.78 Å². The molecular weight excluding hydrogens is 392 g/mol. The van der Waals surface area contributed by atoms with Gasteiger partial charge in [0.05, 0.1) is 42.5 Å². The SMILES string of the molecule is COc1ccccc1-c1ccnc(-n2ncc(C(=O)NCc3cccc(C)n3)c2C)n1. The quantitative estimate of drug-likeness (QED) is 0.520. The van der Waals surface area contributed by atoms with Gasteiger partial charge in [-0.1, -0.05) is 18.2 Å². The summed E-state index contributed by atoms with van der Waals surface area (Å²) in [6.07, 6.45) is 3.18. The van der Waals surface area contributed by atoms with Gasteiger partial charge in [0.2, 0.25) is 0 Å². The van der Waals surface area contributed by atoms with E-state index in [0.29, 0.717) is 35.2 Å². The normalized spacial score (nSPS) is 10.7. The Labute approximate surface area is 180 Å². The van der Waals surface area contributed by atoms with Crippen molar-refractivity contribution in [1.82, 2.24) is 30.0 Å². The number of rotatable bonds is 6. The number of methoxy groups -OCH3 is 1. The molecule has 0 bridgehead atoms. The fourth-order valence-electron chi connectivity index (χ4n) is 3.25. The Hall–Kier alpha value is -4.07. The minimum absolute atomic E-state index is 0.229. The first-order chi connectivity index (χ1) is 15.1. The first kappa shape index (κ1) is 20.2. The molecule has 0 aliphatic heterocycles. The zero-order chi connectivity index (χ0) is 21.8. The van der Waals surface area contributed by atoms with E-state index in [9.17, 15) is 4.79 Å². The van der Waals surface area contributed by atoms with Crippen molar-refractivity contribution in [1.29, 1.82) is 0 Å². The van der Waals surface area contributed by atoms with Gasteiger partial charge in [0.15, 0.2) is 0 Å². The molecule has 3 aromatic heterocycles. The van der Waals surface area contributed by atoms with Crippen LogP contribution in [0.1, 0.15) is 27.4 Å². The van der Waals surface area contributed by atoms with Crippen molar-refractivity contribution in [3.05, 3.63) is 83.6 Å². The van der Waals surface area contributed by atoms with Gasteiger partial charge >= 0.3 is 0 Å². The lowest BCUT2D eigenvalue weighted by atomic mass is 10.1. The summed E-state index contributed by atoms with van der Waals surface area (Å²) < 4.78 is 6.99. The number of para-hydroxylation sites is 1. The first-order valence-electron chi connectivity index (χ1n) is 9.79. The minimum Gasteiger partial charge on any atom is -0.496 e. The number of nitrogens with zero attached hydrogens (tertiary/aromatic N) is 5. The van der Waals surface area contributed by atoms with Crippen LogP contribution in [0.4, 0.5) is 0 Å². The van der Waals surface area contributed by atoms with Crippen LogP contribution in [-0.2, 0) is 6.54 Å². The zero-order valence-corrected chi connectivity index (χ0v) is 17.5. The van der Waals surface area contributed by atoms with Crippen LogP contribution in [-0.4, -0.2) is 37.7 Å². The van der Waals surface area contributed by atoms with Crippen molar-refractivity contribution in [3.63, 3.8) is 0 Å². The van der Waals surface area contributed by atoms with E-state index in [1.807, 2.05) is 62.4 Å². The highest BCUT2D eigenvalue weighted by atomic mass is 16.5. The summed E-state index contributed by atoms with van der Waals surface area (Å²) in [6, 6.07) is 15.1. The number of pyridine rings is 1. The van der Waals surface area contributed by atoms with Crippen LogP contribution in [0.2, 0.25) is 0 Å². The number of aromatic nitrogens is 5. The molecule has 4 rings (SSSR count). The van der Waals surface area contributed by atoms with Gasteiger partial charge in [0, 0.05) is 17.5 Å². The number of carbonyl (C=O) groups is 1. The molecule has 0 aliphatic rings. The van der Waals surface area contributed by atoms with Crippen LogP contribution >= 0.6 is 0 Å². The predicted molar refractivity (Wildman–Crippen MR) is 116 cm³/mol. The van der Waals surface area contributed by atoms with E-state index >= 15 is 0 Å². The first-order valence-corrected chi connectivity index (χ1v) is 9.79. The van der Waals surface area contributed by atoms with Crippen molar-refractivity contribution >= 4 is 5.91 Å². The highest BCUT2D eigenvalue weighted by molar-refractivity contribution is 5.95. The lowest BCUT2D eigenvalue weighted by Crippen LogP contribution is -2.24. The van der Waals surface area contributed by atoms with Crippen LogP contribution < -0.4 is 10.1 Å². The molecule has 156 valence electrons. The van der Waals surface area contributed by atoms with E-state index in [1.54, 1.807) is 18.0 Å². The lowest BCUT2D eigenvalue weighted by Gasteiger charge is -2.09. The Morgan fingerprint density at radius 2 is 1.90 bits per heavy atom. The molecular formula is C23H22N6O2. The van der Waals surface area contributed by atoms with E-state index in [4.69, 9.17) is 4.74 Å². The highest BCUT2D eigenvalue weighted by Crippen LogP contribution is 2.28. The average Bonchev–Trinajstić information content (AvgIpc) is 3.19. The Morgan fingerprint density at radius 1 is 1.06 bits per heavy atom. The van der Waals surface area contributed by atoms with Gasteiger partial charge in [0.1, 0.15) is 5.75 Å². The van der Waals surface area contributed by atoms with Crippen LogP contribution in [0.15, 0.2) is 60.9 Å². The third kappa shape index (κ3) is 4.28. The van der Waals surface area contributed by atoms with E-state index in [-0.39, 0.29) is 5.91 Å². The van der Waals surface area contributed by atoms with Crippen LogP contribution in [0.25, 0.3) is 17.2 Å². The van der Waals surface area contributed by atoms with E-state index in [1.165, 1.54) is 6.20 Å². The second-order valence-corrected chi connectivity index (χ2v) is 6.95. The average molecular weight is 414 g/mol. The van der Waals surface area contributed by atoms with Crippen LogP contribution in [0.3, 0.4) is 0 Å². The fourth-order valence-corrected chi connectivity index (χ4v) is 3.25. The Morgan fingerprint density at radius 3 is 2.71 bits per heavy atom. The molecule has 0 unspecified atom stereocenters. The molecule has 1 N–H and O–H groups in total. The van der Waals surface area contributed by atoms with Gasteiger partial charge < -0.3 is 10.1 Å². The second-order valence-electron chi connectivity index (χ2n) is 6.95. The monoisotopic (exact) mass is 414 g/mol. The number of hydrogen-bond acceptors (Lipinski definition) is 6. The number of benzene rings is 1. The molecule has 31 heavy (non-hydrogen) atoms. The number of amides is 1. The lowest BCUT2D eigenvalue weighted by molar-refractivity contribution is 0.0949. The van der Waals surface area contributed by atoms with E-state index in [2.05, 4.69) is 25.4 Å². The Balaban J connectivity index is 1.57. The zero-order valence-electron chi connectivity index (χ0n) is 17.5. The number of aryl methyl sites for hydroxylation is 1. The molecule has 3 heterocycles. The van der Waals surface area contributed by atoms with Gasteiger partial charge in [-0.05, 0) is 44.2 Å². The van der Waals surface area contributed by atoms with Crippen molar-refractivity contribution in [2.24, 2.45) is 0 Å². The molecule has 0 aliphatic carbocycles. The van der Waals surface area contributed by atoms with Crippen molar-refractivity contribution in [2.45, 2.75) is 20.4 Å². The second kappa shape index (κ2) is 8.74. The maximum absolute atomic E-state index is 12.7. The van der Waals surface area contributed by atoms with E-state index < -0.39 is 0 Å². The molecule has 0 saturated heterocycles.